The molecule has 4 nitrogen and oxygen atoms in total. The number of hydrogen-bond acceptors (Lipinski definition) is 4. The van der Waals surface area contributed by atoms with Crippen LogP contribution in [0.15, 0.2) is 36.0 Å². The number of aromatic nitrogens is 1. The maximum Gasteiger partial charge on any atom is 0.244 e. The van der Waals surface area contributed by atoms with Gasteiger partial charge < -0.3 is 10.2 Å². The SMILES string of the molecule is O=C1C(NCc2cc(Cl)cs2)CCCN1c1cccnc1. The van der Waals surface area contributed by atoms with Crippen LogP contribution in [0, 0.1) is 0 Å². The van der Waals surface area contributed by atoms with Crippen LogP contribution < -0.4 is 10.2 Å². The molecule has 21 heavy (non-hydrogen) atoms. The summed E-state index contributed by atoms with van der Waals surface area (Å²) in [5, 5.41) is 6.00. The lowest BCUT2D eigenvalue weighted by Gasteiger charge is -2.32. The average molecular weight is 322 g/mol. The van der Waals surface area contributed by atoms with E-state index in [0.717, 1.165) is 35.0 Å². The number of halogens is 1. The quantitative estimate of drug-likeness (QED) is 0.941. The smallest absolute Gasteiger partial charge is 0.244 e. The Morgan fingerprint density at radius 1 is 1.52 bits per heavy atom. The molecule has 0 radical (unpaired) electrons. The molecule has 2 aromatic heterocycles. The minimum atomic E-state index is -0.139. The number of rotatable bonds is 4. The molecule has 1 aliphatic rings. The van der Waals surface area contributed by atoms with Crippen LogP contribution in [-0.4, -0.2) is 23.5 Å². The summed E-state index contributed by atoms with van der Waals surface area (Å²) >= 11 is 7.52. The minimum absolute atomic E-state index is 0.122. The Bertz CT molecular complexity index is 616. The number of pyridine rings is 1. The van der Waals surface area contributed by atoms with Gasteiger partial charge in [-0.2, -0.15) is 0 Å². The van der Waals surface area contributed by atoms with E-state index in [-0.39, 0.29) is 11.9 Å². The third-order valence-electron chi connectivity index (χ3n) is 3.54. The van der Waals surface area contributed by atoms with Crippen LogP contribution in [-0.2, 0) is 11.3 Å². The maximum atomic E-state index is 12.6. The van der Waals surface area contributed by atoms with Gasteiger partial charge in [-0.15, -0.1) is 11.3 Å². The summed E-state index contributed by atoms with van der Waals surface area (Å²) in [6.45, 7) is 1.43. The van der Waals surface area contributed by atoms with E-state index in [1.807, 2.05) is 28.5 Å². The molecule has 0 aliphatic carbocycles. The third-order valence-corrected chi connectivity index (χ3v) is 4.83. The van der Waals surface area contributed by atoms with E-state index in [1.165, 1.54) is 0 Å². The van der Waals surface area contributed by atoms with Crippen molar-refractivity contribution in [2.24, 2.45) is 0 Å². The molecule has 110 valence electrons. The molecule has 3 heterocycles. The first-order valence-corrected chi connectivity index (χ1v) is 8.17. The molecule has 1 atom stereocenters. The Balaban J connectivity index is 1.65. The molecule has 1 N–H and O–H groups in total. The number of nitrogens with one attached hydrogen (secondary N) is 1. The van der Waals surface area contributed by atoms with Crippen molar-refractivity contribution < 1.29 is 4.79 Å². The largest absolute Gasteiger partial charge is 0.310 e. The fourth-order valence-electron chi connectivity index (χ4n) is 2.50. The first-order valence-electron chi connectivity index (χ1n) is 6.92. The highest BCUT2D eigenvalue weighted by atomic mass is 35.5. The van der Waals surface area contributed by atoms with Gasteiger partial charge in [0.05, 0.1) is 22.9 Å². The minimum Gasteiger partial charge on any atom is -0.310 e. The van der Waals surface area contributed by atoms with Gasteiger partial charge in [-0.25, -0.2) is 0 Å². The number of piperidine rings is 1. The fourth-order valence-corrected chi connectivity index (χ4v) is 3.53. The molecule has 1 amide bonds. The molecule has 2 aromatic rings. The highest BCUT2D eigenvalue weighted by Gasteiger charge is 2.29. The van der Waals surface area contributed by atoms with E-state index in [0.29, 0.717) is 6.54 Å². The number of carbonyl (C=O) groups excluding carboxylic acids is 1. The Kier molecular flexibility index (Phi) is 4.53. The van der Waals surface area contributed by atoms with Crippen LogP contribution in [0.3, 0.4) is 0 Å². The molecule has 1 fully saturated rings. The summed E-state index contributed by atoms with van der Waals surface area (Å²) in [7, 11) is 0. The second-order valence-electron chi connectivity index (χ2n) is 5.01. The summed E-state index contributed by atoms with van der Waals surface area (Å²) in [5.74, 6) is 0.122. The number of hydrogen-bond donors (Lipinski definition) is 1. The molecule has 1 saturated heterocycles. The van der Waals surface area contributed by atoms with Gasteiger partial charge in [0, 0.05) is 29.5 Å². The predicted octanol–water partition coefficient (Wildman–Crippen LogP) is 3.08. The van der Waals surface area contributed by atoms with Crippen LogP contribution in [0.5, 0.6) is 0 Å². The molecular weight excluding hydrogens is 306 g/mol. The number of carbonyl (C=O) groups is 1. The second-order valence-corrected chi connectivity index (χ2v) is 6.44. The zero-order valence-electron chi connectivity index (χ0n) is 11.5. The molecule has 0 saturated carbocycles. The Labute approximate surface area is 132 Å². The summed E-state index contributed by atoms with van der Waals surface area (Å²) in [5.41, 5.74) is 0.869. The van der Waals surface area contributed by atoms with Gasteiger partial charge >= 0.3 is 0 Å². The van der Waals surface area contributed by atoms with Crippen molar-refractivity contribution in [1.82, 2.24) is 10.3 Å². The van der Waals surface area contributed by atoms with Crippen LogP contribution in [0.1, 0.15) is 17.7 Å². The van der Waals surface area contributed by atoms with E-state index >= 15 is 0 Å². The van der Waals surface area contributed by atoms with E-state index in [2.05, 4.69) is 10.3 Å². The number of nitrogens with zero attached hydrogens (tertiary/aromatic N) is 2. The lowest BCUT2D eigenvalue weighted by molar-refractivity contribution is -0.121. The van der Waals surface area contributed by atoms with Crippen molar-refractivity contribution in [2.75, 3.05) is 11.4 Å². The predicted molar refractivity (Wildman–Crippen MR) is 85.8 cm³/mol. The normalized spacial score (nSPS) is 19.0. The van der Waals surface area contributed by atoms with Gasteiger partial charge in [-0.1, -0.05) is 11.6 Å². The zero-order chi connectivity index (χ0) is 14.7. The Morgan fingerprint density at radius 3 is 3.14 bits per heavy atom. The van der Waals surface area contributed by atoms with Crippen molar-refractivity contribution >= 4 is 34.5 Å². The highest BCUT2D eigenvalue weighted by Crippen LogP contribution is 2.22. The lowest BCUT2D eigenvalue weighted by Crippen LogP contribution is -2.50. The Morgan fingerprint density at radius 2 is 2.43 bits per heavy atom. The van der Waals surface area contributed by atoms with Gasteiger partial charge in [-0.05, 0) is 31.0 Å². The molecule has 1 aliphatic heterocycles. The standard InChI is InChI=1S/C15H16ClN3OS/c16-11-7-13(21-10-11)9-18-14-4-2-6-19(15(14)20)12-3-1-5-17-8-12/h1,3,5,7-8,10,14,18H,2,4,6,9H2. The van der Waals surface area contributed by atoms with E-state index in [1.54, 1.807) is 23.7 Å². The van der Waals surface area contributed by atoms with E-state index in [9.17, 15) is 4.79 Å². The molecule has 0 aromatic carbocycles. The van der Waals surface area contributed by atoms with Crippen LogP contribution in [0.4, 0.5) is 5.69 Å². The van der Waals surface area contributed by atoms with Crippen molar-refractivity contribution in [3.63, 3.8) is 0 Å². The van der Waals surface area contributed by atoms with Gasteiger partial charge in [-0.3, -0.25) is 9.78 Å². The van der Waals surface area contributed by atoms with E-state index in [4.69, 9.17) is 11.6 Å². The highest BCUT2D eigenvalue weighted by molar-refractivity contribution is 7.10. The summed E-state index contributed by atoms with van der Waals surface area (Å²) in [6.07, 6.45) is 5.31. The van der Waals surface area contributed by atoms with Gasteiger partial charge in [0.1, 0.15) is 0 Å². The Hall–Kier alpha value is -1.43. The first-order chi connectivity index (χ1) is 10.2. The van der Waals surface area contributed by atoms with Crippen molar-refractivity contribution in [2.45, 2.75) is 25.4 Å². The summed E-state index contributed by atoms with van der Waals surface area (Å²) in [6, 6.07) is 5.57. The zero-order valence-corrected chi connectivity index (χ0v) is 13.0. The molecule has 0 spiro atoms. The van der Waals surface area contributed by atoms with Crippen LogP contribution in [0.25, 0.3) is 0 Å². The van der Waals surface area contributed by atoms with Gasteiger partial charge in [0.25, 0.3) is 0 Å². The molecule has 0 bridgehead atoms. The van der Waals surface area contributed by atoms with Gasteiger partial charge in [0.15, 0.2) is 0 Å². The van der Waals surface area contributed by atoms with E-state index < -0.39 is 0 Å². The molecule has 6 heteroatoms. The third kappa shape index (κ3) is 3.43. The van der Waals surface area contributed by atoms with Crippen molar-refractivity contribution in [3.05, 3.63) is 45.9 Å². The number of amides is 1. The summed E-state index contributed by atoms with van der Waals surface area (Å²) in [4.78, 5) is 19.6. The lowest BCUT2D eigenvalue weighted by atomic mass is 10.0. The number of anilines is 1. The monoisotopic (exact) mass is 321 g/mol. The second kappa shape index (κ2) is 6.56. The molecular formula is C15H16ClN3OS. The topological polar surface area (TPSA) is 45.2 Å². The van der Waals surface area contributed by atoms with Crippen LogP contribution in [0.2, 0.25) is 5.02 Å². The average Bonchev–Trinajstić information content (AvgIpc) is 2.93. The van der Waals surface area contributed by atoms with Gasteiger partial charge in [0.2, 0.25) is 5.91 Å². The van der Waals surface area contributed by atoms with Crippen molar-refractivity contribution in [3.8, 4) is 0 Å². The molecule has 1 unspecified atom stereocenters. The van der Waals surface area contributed by atoms with Crippen LogP contribution >= 0.6 is 22.9 Å². The summed E-state index contributed by atoms with van der Waals surface area (Å²) < 4.78 is 0. The maximum absolute atomic E-state index is 12.6. The number of thiophene rings is 1. The van der Waals surface area contributed by atoms with Crippen molar-refractivity contribution in [1.29, 1.82) is 0 Å². The fraction of sp³-hybridized carbons (Fsp3) is 0.333. The first kappa shape index (κ1) is 14.5. The molecule has 3 rings (SSSR count).